The highest BCUT2D eigenvalue weighted by molar-refractivity contribution is 9.10. The van der Waals surface area contributed by atoms with E-state index in [9.17, 15) is 13.2 Å². The van der Waals surface area contributed by atoms with Crippen molar-refractivity contribution in [3.63, 3.8) is 0 Å². The number of hydrogen-bond donors (Lipinski definition) is 2. The zero-order valence-electron chi connectivity index (χ0n) is 10.1. The summed E-state index contributed by atoms with van der Waals surface area (Å²) in [5.41, 5.74) is 0. The van der Waals surface area contributed by atoms with Gasteiger partial charge in [-0.2, -0.15) is 4.72 Å². The highest BCUT2D eigenvalue weighted by atomic mass is 79.9. The Balaban J connectivity index is 2.82. The minimum Gasteiger partial charge on any atom is -0.355 e. The number of nitrogens with one attached hydrogen (secondary N) is 2. The van der Waals surface area contributed by atoms with Gasteiger partial charge in [-0.3, -0.25) is 4.79 Å². The molecule has 0 aliphatic carbocycles. The van der Waals surface area contributed by atoms with Crippen molar-refractivity contribution in [2.24, 2.45) is 0 Å². The largest absolute Gasteiger partial charge is 0.355 e. The number of carbonyl (C=O) groups is 1. The van der Waals surface area contributed by atoms with Crippen LogP contribution in [-0.2, 0) is 14.8 Å². The van der Waals surface area contributed by atoms with Gasteiger partial charge in [-0.25, -0.2) is 8.42 Å². The molecule has 18 heavy (non-hydrogen) atoms. The van der Waals surface area contributed by atoms with Gasteiger partial charge in [0.05, 0.1) is 10.9 Å². The first-order chi connectivity index (χ1) is 8.36. The third kappa shape index (κ3) is 4.08. The second-order valence-electron chi connectivity index (χ2n) is 3.69. The van der Waals surface area contributed by atoms with Crippen molar-refractivity contribution < 1.29 is 13.2 Å². The number of halogens is 1. The van der Waals surface area contributed by atoms with Crippen molar-refractivity contribution in [3.8, 4) is 0 Å². The number of benzene rings is 1. The van der Waals surface area contributed by atoms with Gasteiger partial charge in [-0.05, 0) is 38.1 Å². The fourth-order valence-electron chi connectivity index (χ4n) is 1.30. The Labute approximate surface area is 115 Å². The summed E-state index contributed by atoms with van der Waals surface area (Å²) in [7, 11) is -3.67. The van der Waals surface area contributed by atoms with E-state index in [1.54, 1.807) is 19.1 Å². The Morgan fingerprint density at radius 3 is 2.39 bits per heavy atom. The summed E-state index contributed by atoms with van der Waals surface area (Å²) in [4.78, 5) is 11.6. The molecule has 0 fully saturated rings. The van der Waals surface area contributed by atoms with E-state index in [1.165, 1.54) is 19.1 Å². The summed E-state index contributed by atoms with van der Waals surface area (Å²) in [6, 6.07) is 5.39. The Kier molecular flexibility index (Phi) is 5.30. The molecule has 1 amide bonds. The van der Waals surface area contributed by atoms with Crippen LogP contribution in [0, 0.1) is 0 Å². The van der Waals surface area contributed by atoms with Gasteiger partial charge in [-0.1, -0.05) is 15.9 Å². The van der Waals surface area contributed by atoms with E-state index in [1.807, 2.05) is 0 Å². The van der Waals surface area contributed by atoms with Gasteiger partial charge in [0.2, 0.25) is 15.9 Å². The molecule has 0 saturated heterocycles. The van der Waals surface area contributed by atoms with E-state index >= 15 is 0 Å². The van der Waals surface area contributed by atoms with Crippen LogP contribution in [0.15, 0.2) is 33.6 Å². The summed E-state index contributed by atoms with van der Waals surface area (Å²) < 4.78 is 27.0. The van der Waals surface area contributed by atoms with Crippen molar-refractivity contribution in [2.75, 3.05) is 6.54 Å². The summed E-state index contributed by atoms with van der Waals surface area (Å²) in [5.74, 6) is -0.349. The number of likely N-dealkylation sites (N-methyl/N-ethyl adjacent to an activating group) is 1. The third-order valence-electron chi connectivity index (χ3n) is 2.20. The smallest absolute Gasteiger partial charge is 0.241 e. The maximum atomic E-state index is 12.0. The molecule has 0 aliphatic heterocycles. The lowest BCUT2D eigenvalue weighted by Crippen LogP contribution is -2.44. The maximum Gasteiger partial charge on any atom is 0.241 e. The van der Waals surface area contributed by atoms with E-state index < -0.39 is 16.1 Å². The molecule has 0 aliphatic rings. The van der Waals surface area contributed by atoms with Gasteiger partial charge in [0.1, 0.15) is 0 Å². The summed E-state index contributed by atoms with van der Waals surface area (Å²) in [6.45, 7) is 3.73. The minimum absolute atomic E-state index is 0.127. The van der Waals surface area contributed by atoms with E-state index in [2.05, 4.69) is 26.0 Å². The summed E-state index contributed by atoms with van der Waals surface area (Å²) >= 11 is 3.23. The van der Waals surface area contributed by atoms with Crippen molar-refractivity contribution >= 4 is 31.9 Å². The van der Waals surface area contributed by atoms with E-state index in [0.29, 0.717) is 6.54 Å². The molecule has 0 spiro atoms. The lowest BCUT2D eigenvalue weighted by Gasteiger charge is -2.13. The average molecular weight is 335 g/mol. The zero-order chi connectivity index (χ0) is 13.8. The monoisotopic (exact) mass is 334 g/mol. The molecule has 0 bridgehead atoms. The lowest BCUT2D eigenvalue weighted by atomic mass is 10.3. The SMILES string of the molecule is CCNC(=O)C(C)NS(=O)(=O)c1ccc(Br)cc1. The topological polar surface area (TPSA) is 75.3 Å². The van der Waals surface area contributed by atoms with Crippen molar-refractivity contribution in [1.29, 1.82) is 0 Å². The highest BCUT2D eigenvalue weighted by Crippen LogP contribution is 2.14. The summed E-state index contributed by atoms with van der Waals surface area (Å²) in [6.07, 6.45) is 0. The van der Waals surface area contributed by atoms with Crippen molar-refractivity contribution in [3.05, 3.63) is 28.7 Å². The van der Waals surface area contributed by atoms with Crippen LogP contribution >= 0.6 is 15.9 Å². The molecule has 7 heteroatoms. The highest BCUT2D eigenvalue weighted by Gasteiger charge is 2.21. The van der Waals surface area contributed by atoms with E-state index in [0.717, 1.165) is 4.47 Å². The van der Waals surface area contributed by atoms with Gasteiger partial charge >= 0.3 is 0 Å². The minimum atomic E-state index is -3.67. The molecule has 0 saturated carbocycles. The van der Waals surface area contributed by atoms with Crippen LogP contribution in [0.1, 0.15) is 13.8 Å². The molecule has 0 heterocycles. The lowest BCUT2D eigenvalue weighted by molar-refractivity contribution is -0.122. The Morgan fingerprint density at radius 2 is 1.89 bits per heavy atom. The molecule has 0 aromatic heterocycles. The second kappa shape index (κ2) is 6.31. The van der Waals surface area contributed by atoms with Crippen LogP contribution in [0.5, 0.6) is 0 Å². The van der Waals surface area contributed by atoms with Crippen LogP contribution in [0.4, 0.5) is 0 Å². The molecular weight excluding hydrogens is 320 g/mol. The molecule has 0 radical (unpaired) electrons. The molecule has 5 nitrogen and oxygen atoms in total. The Bertz CT molecular complexity index is 514. The molecule has 1 atom stereocenters. The fraction of sp³-hybridized carbons (Fsp3) is 0.364. The predicted octanol–water partition coefficient (Wildman–Crippen LogP) is 1.25. The molecule has 1 rings (SSSR count). The van der Waals surface area contributed by atoms with Crippen LogP contribution < -0.4 is 10.0 Å². The molecule has 100 valence electrons. The van der Waals surface area contributed by atoms with Crippen molar-refractivity contribution in [2.45, 2.75) is 24.8 Å². The standard InChI is InChI=1S/C11H15BrN2O3S/c1-3-13-11(15)8(2)14-18(16,17)10-6-4-9(12)5-7-10/h4-8,14H,3H2,1-2H3,(H,13,15). The third-order valence-corrected chi connectivity index (χ3v) is 4.29. The molecular formula is C11H15BrN2O3S. The maximum absolute atomic E-state index is 12.0. The van der Waals surface area contributed by atoms with E-state index in [-0.39, 0.29) is 10.8 Å². The average Bonchev–Trinajstić information content (AvgIpc) is 2.29. The first-order valence-electron chi connectivity index (χ1n) is 5.42. The number of sulfonamides is 1. The fourth-order valence-corrected chi connectivity index (χ4v) is 2.76. The van der Waals surface area contributed by atoms with Crippen LogP contribution in [-0.4, -0.2) is 26.9 Å². The first kappa shape index (κ1) is 15.1. The molecule has 1 aromatic carbocycles. The Morgan fingerprint density at radius 1 is 1.33 bits per heavy atom. The van der Waals surface area contributed by atoms with Crippen LogP contribution in [0.25, 0.3) is 0 Å². The number of carbonyl (C=O) groups excluding carboxylic acids is 1. The zero-order valence-corrected chi connectivity index (χ0v) is 12.5. The molecule has 1 aromatic rings. The predicted molar refractivity (Wildman–Crippen MR) is 72.6 cm³/mol. The second-order valence-corrected chi connectivity index (χ2v) is 6.32. The Hall–Kier alpha value is -0.920. The van der Waals surface area contributed by atoms with Gasteiger partial charge in [-0.15, -0.1) is 0 Å². The quantitative estimate of drug-likeness (QED) is 0.850. The number of rotatable bonds is 5. The number of hydrogen-bond acceptors (Lipinski definition) is 3. The first-order valence-corrected chi connectivity index (χ1v) is 7.70. The van der Waals surface area contributed by atoms with Crippen LogP contribution in [0.3, 0.4) is 0 Å². The van der Waals surface area contributed by atoms with Gasteiger partial charge in [0.25, 0.3) is 0 Å². The van der Waals surface area contributed by atoms with Crippen LogP contribution in [0.2, 0.25) is 0 Å². The van der Waals surface area contributed by atoms with Crippen molar-refractivity contribution in [1.82, 2.24) is 10.0 Å². The van der Waals surface area contributed by atoms with E-state index in [4.69, 9.17) is 0 Å². The summed E-state index contributed by atoms with van der Waals surface area (Å²) in [5, 5.41) is 2.56. The molecule has 2 N–H and O–H groups in total. The van der Waals surface area contributed by atoms with Gasteiger partial charge in [0.15, 0.2) is 0 Å². The number of amides is 1. The molecule has 1 unspecified atom stereocenters. The van der Waals surface area contributed by atoms with Gasteiger partial charge in [0, 0.05) is 11.0 Å². The van der Waals surface area contributed by atoms with Gasteiger partial charge < -0.3 is 5.32 Å². The normalized spacial score (nSPS) is 13.1.